The molecule has 0 radical (unpaired) electrons. The van der Waals surface area contributed by atoms with Crippen LogP contribution in [-0.4, -0.2) is 34.7 Å². The summed E-state index contributed by atoms with van der Waals surface area (Å²) in [4.78, 5) is 38.4. The van der Waals surface area contributed by atoms with Crippen LogP contribution >= 0.6 is 0 Å². The lowest BCUT2D eigenvalue weighted by atomic mass is 9.82. The number of imide groups is 1. The molecule has 0 spiro atoms. The van der Waals surface area contributed by atoms with Gasteiger partial charge >= 0.3 is 12.0 Å². The summed E-state index contributed by atoms with van der Waals surface area (Å²) in [5, 5.41) is 2.59. The third kappa shape index (κ3) is 3.35. The van der Waals surface area contributed by atoms with Crippen molar-refractivity contribution < 1.29 is 23.5 Å². The lowest BCUT2D eigenvalue weighted by molar-refractivity contribution is -0.169. The van der Waals surface area contributed by atoms with E-state index in [0.717, 1.165) is 0 Å². The molecule has 2 aromatic carbocycles. The number of urea groups is 1. The Morgan fingerprint density at radius 2 is 1.46 bits per heavy atom. The first kappa shape index (κ1) is 19.5. The number of benzene rings is 2. The van der Waals surface area contributed by atoms with E-state index in [1.807, 2.05) is 0 Å². The van der Waals surface area contributed by atoms with Crippen molar-refractivity contribution in [1.29, 1.82) is 0 Å². The number of nitrogens with zero attached hydrogens (tertiary/aromatic N) is 1. The van der Waals surface area contributed by atoms with Crippen LogP contribution in [0.4, 0.5) is 9.18 Å². The van der Waals surface area contributed by atoms with Crippen molar-refractivity contribution >= 4 is 17.9 Å². The molecule has 7 heteroatoms. The Morgan fingerprint density at radius 1 is 1.00 bits per heavy atom. The summed E-state index contributed by atoms with van der Waals surface area (Å²) >= 11 is 0. The number of esters is 1. The summed E-state index contributed by atoms with van der Waals surface area (Å²) in [5.74, 6) is -2.18. The molecule has 1 aliphatic rings. The molecule has 3 rings (SSSR count). The summed E-state index contributed by atoms with van der Waals surface area (Å²) in [6, 6.07) is 16.0. The number of alkyl halides is 1. The van der Waals surface area contributed by atoms with Crippen LogP contribution in [0, 0.1) is 0 Å². The lowest BCUT2D eigenvalue weighted by Gasteiger charge is -2.28. The quantitative estimate of drug-likeness (QED) is 0.499. The molecule has 0 aliphatic carbocycles. The molecular weight excluding hydrogens is 363 g/mol. The summed E-state index contributed by atoms with van der Waals surface area (Å²) in [6.45, 7) is 4.71. The van der Waals surface area contributed by atoms with Crippen molar-refractivity contribution in [3.05, 3.63) is 71.8 Å². The summed E-state index contributed by atoms with van der Waals surface area (Å²) in [5.41, 5.74) is -1.68. The number of rotatable bonds is 4. The maximum atomic E-state index is 14.9. The van der Waals surface area contributed by atoms with Gasteiger partial charge in [0.25, 0.3) is 12.2 Å². The molecule has 1 aliphatic heterocycles. The minimum atomic E-state index is -2.55. The van der Waals surface area contributed by atoms with E-state index in [1.165, 1.54) is 0 Å². The van der Waals surface area contributed by atoms with E-state index in [1.54, 1.807) is 81.4 Å². The SMILES string of the molecule is CC(C)(C)OC(=O)C(F)N1C(=O)NC(c2ccccc2)(c2ccccc2)C1=O. The maximum absolute atomic E-state index is 14.9. The molecule has 1 N–H and O–H groups in total. The number of carbonyl (C=O) groups excluding carboxylic acids is 3. The van der Waals surface area contributed by atoms with E-state index in [-0.39, 0.29) is 4.90 Å². The number of halogens is 1. The average Bonchev–Trinajstić information content (AvgIpc) is 2.92. The second-order valence-electron chi connectivity index (χ2n) is 7.46. The summed E-state index contributed by atoms with van der Waals surface area (Å²) in [6.07, 6.45) is -2.55. The van der Waals surface area contributed by atoms with Crippen LogP contribution in [0.3, 0.4) is 0 Å². The van der Waals surface area contributed by atoms with Crippen molar-refractivity contribution in [2.45, 2.75) is 38.2 Å². The Kier molecular flexibility index (Phi) is 4.93. The summed E-state index contributed by atoms with van der Waals surface area (Å²) in [7, 11) is 0. The van der Waals surface area contributed by atoms with Gasteiger partial charge in [-0.25, -0.2) is 18.9 Å². The minimum absolute atomic E-state index is 0.286. The van der Waals surface area contributed by atoms with Crippen LogP contribution in [0.2, 0.25) is 0 Å². The van der Waals surface area contributed by atoms with Gasteiger partial charge in [0.2, 0.25) is 0 Å². The molecule has 1 saturated heterocycles. The van der Waals surface area contributed by atoms with E-state index >= 15 is 0 Å². The first-order valence-corrected chi connectivity index (χ1v) is 8.80. The zero-order chi connectivity index (χ0) is 20.5. The Morgan fingerprint density at radius 3 is 1.89 bits per heavy atom. The molecule has 1 fully saturated rings. The van der Waals surface area contributed by atoms with Gasteiger partial charge in [-0.3, -0.25) is 4.79 Å². The van der Waals surface area contributed by atoms with Gasteiger partial charge in [0, 0.05) is 0 Å². The fourth-order valence-electron chi connectivity index (χ4n) is 3.14. The fourth-order valence-corrected chi connectivity index (χ4v) is 3.14. The normalized spacial score (nSPS) is 17.2. The van der Waals surface area contributed by atoms with Gasteiger partial charge in [0.15, 0.2) is 5.54 Å². The highest BCUT2D eigenvalue weighted by molar-refractivity contribution is 6.11. The molecule has 2 aromatic rings. The Labute approximate surface area is 162 Å². The standard InChI is InChI=1S/C21H21FN2O4/c1-20(2,3)28-17(25)16(22)24-18(26)21(23-19(24)27,14-10-6-4-7-11-14)15-12-8-5-9-13-15/h4-13,16H,1-3H3,(H,23,27). The smallest absolute Gasteiger partial charge is 0.363 e. The van der Waals surface area contributed by atoms with Crippen molar-refractivity contribution in [2.24, 2.45) is 0 Å². The molecule has 0 aromatic heterocycles. The number of nitrogens with one attached hydrogen (secondary N) is 1. The van der Waals surface area contributed by atoms with Crippen LogP contribution in [0.25, 0.3) is 0 Å². The zero-order valence-corrected chi connectivity index (χ0v) is 15.8. The first-order valence-electron chi connectivity index (χ1n) is 8.80. The molecule has 3 amide bonds. The van der Waals surface area contributed by atoms with E-state index in [9.17, 15) is 18.8 Å². The zero-order valence-electron chi connectivity index (χ0n) is 15.8. The van der Waals surface area contributed by atoms with Crippen molar-refractivity contribution in [1.82, 2.24) is 10.2 Å². The summed E-state index contributed by atoms with van der Waals surface area (Å²) < 4.78 is 19.9. The predicted octanol–water partition coefficient (Wildman–Crippen LogP) is 3.12. The molecule has 1 atom stereocenters. The highest BCUT2D eigenvalue weighted by atomic mass is 19.1. The molecule has 0 bridgehead atoms. The second-order valence-corrected chi connectivity index (χ2v) is 7.46. The van der Waals surface area contributed by atoms with Crippen LogP contribution in [0.1, 0.15) is 31.9 Å². The highest BCUT2D eigenvalue weighted by Crippen LogP contribution is 2.37. The van der Waals surface area contributed by atoms with E-state index in [0.29, 0.717) is 11.1 Å². The third-order valence-corrected chi connectivity index (χ3v) is 4.29. The Bertz CT molecular complexity index is 854. The highest BCUT2D eigenvalue weighted by Gasteiger charge is 2.57. The minimum Gasteiger partial charge on any atom is -0.456 e. The Balaban J connectivity index is 2.06. The van der Waals surface area contributed by atoms with Gasteiger partial charge in [-0.2, -0.15) is 0 Å². The van der Waals surface area contributed by atoms with Gasteiger partial charge in [-0.1, -0.05) is 60.7 Å². The van der Waals surface area contributed by atoms with Gasteiger partial charge in [-0.15, -0.1) is 0 Å². The number of hydrogen-bond acceptors (Lipinski definition) is 4. The molecule has 1 heterocycles. The monoisotopic (exact) mass is 384 g/mol. The number of ether oxygens (including phenoxy) is 1. The number of carbonyl (C=O) groups is 3. The molecule has 6 nitrogen and oxygen atoms in total. The van der Waals surface area contributed by atoms with E-state index in [2.05, 4.69) is 5.32 Å². The van der Waals surface area contributed by atoms with Crippen molar-refractivity contribution in [3.63, 3.8) is 0 Å². The third-order valence-electron chi connectivity index (χ3n) is 4.29. The van der Waals surface area contributed by atoms with E-state index in [4.69, 9.17) is 4.74 Å². The van der Waals surface area contributed by atoms with Gasteiger partial charge in [0.1, 0.15) is 5.60 Å². The van der Waals surface area contributed by atoms with Crippen molar-refractivity contribution in [3.8, 4) is 0 Å². The molecule has 146 valence electrons. The molecule has 1 unspecified atom stereocenters. The van der Waals surface area contributed by atoms with Gasteiger partial charge in [0.05, 0.1) is 0 Å². The maximum Gasteiger partial charge on any atom is 0.363 e. The van der Waals surface area contributed by atoms with Crippen LogP contribution in [-0.2, 0) is 19.9 Å². The lowest BCUT2D eigenvalue weighted by Crippen LogP contribution is -2.48. The first-order chi connectivity index (χ1) is 13.2. The van der Waals surface area contributed by atoms with Crippen molar-refractivity contribution in [2.75, 3.05) is 0 Å². The van der Waals surface area contributed by atoms with Crippen LogP contribution < -0.4 is 5.32 Å². The van der Waals surface area contributed by atoms with Gasteiger partial charge < -0.3 is 10.1 Å². The predicted molar refractivity (Wildman–Crippen MR) is 99.8 cm³/mol. The topological polar surface area (TPSA) is 75.7 Å². The largest absolute Gasteiger partial charge is 0.456 e. The Hall–Kier alpha value is -3.22. The van der Waals surface area contributed by atoms with Gasteiger partial charge in [-0.05, 0) is 31.9 Å². The fraction of sp³-hybridized carbons (Fsp3) is 0.286. The van der Waals surface area contributed by atoms with Crippen LogP contribution in [0.15, 0.2) is 60.7 Å². The molecular formula is C21H21FN2O4. The average molecular weight is 384 g/mol. The number of hydrogen-bond donors (Lipinski definition) is 1. The van der Waals surface area contributed by atoms with E-state index < -0.39 is 35.3 Å². The number of amides is 3. The molecule has 0 saturated carbocycles. The molecule has 28 heavy (non-hydrogen) atoms. The van der Waals surface area contributed by atoms with Crippen LogP contribution in [0.5, 0.6) is 0 Å². The second kappa shape index (κ2) is 7.07.